The topological polar surface area (TPSA) is 62.5 Å². The first-order valence-electron chi connectivity index (χ1n) is 10.0. The van der Waals surface area contributed by atoms with Crippen LogP contribution in [0.5, 0.6) is 0 Å². The molecule has 5 rings (SSSR count). The van der Waals surface area contributed by atoms with E-state index in [2.05, 4.69) is 34.1 Å². The molecular weight excluding hydrogens is 392 g/mol. The van der Waals surface area contributed by atoms with Gasteiger partial charge in [-0.25, -0.2) is 4.98 Å². The van der Waals surface area contributed by atoms with Crippen LogP contribution in [0, 0.1) is 0 Å². The minimum atomic E-state index is 0.0931. The fourth-order valence-electron chi connectivity index (χ4n) is 3.93. The molecule has 0 aliphatic carbocycles. The smallest absolute Gasteiger partial charge is 0.253 e. The molecule has 1 aliphatic heterocycles. The van der Waals surface area contributed by atoms with Crippen LogP contribution in [0.2, 0.25) is 0 Å². The first-order chi connectivity index (χ1) is 14.7. The summed E-state index contributed by atoms with van der Waals surface area (Å²) in [5, 5.41) is 5.19. The number of carbonyl (C=O) groups is 1. The number of hydrogen-bond acceptors (Lipinski definition) is 5. The average Bonchev–Trinajstić information content (AvgIpc) is 3.33. The van der Waals surface area contributed by atoms with Crippen LogP contribution in [0.25, 0.3) is 21.9 Å². The average molecular weight is 415 g/mol. The minimum Gasteiger partial charge on any atom is -0.399 e. The van der Waals surface area contributed by atoms with Gasteiger partial charge in [0.2, 0.25) is 0 Å². The lowest BCUT2D eigenvalue weighted by Gasteiger charge is -2.34. The molecule has 1 fully saturated rings. The highest BCUT2D eigenvalue weighted by Crippen LogP contribution is 2.27. The van der Waals surface area contributed by atoms with Crippen molar-refractivity contribution in [2.75, 3.05) is 36.8 Å². The van der Waals surface area contributed by atoms with Gasteiger partial charge in [0.15, 0.2) is 5.13 Å². The maximum atomic E-state index is 13.0. The zero-order valence-corrected chi connectivity index (χ0v) is 17.3. The second-order valence-corrected chi connectivity index (χ2v) is 8.37. The number of amides is 1. The lowest BCUT2D eigenvalue weighted by Crippen LogP contribution is -2.48. The third-order valence-electron chi connectivity index (χ3n) is 5.56. The summed E-state index contributed by atoms with van der Waals surface area (Å²) < 4.78 is 0. The van der Waals surface area contributed by atoms with E-state index >= 15 is 0 Å². The summed E-state index contributed by atoms with van der Waals surface area (Å²) in [6.45, 7) is 3.06. The molecule has 3 aromatic carbocycles. The van der Waals surface area contributed by atoms with E-state index in [1.807, 2.05) is 52.9 Å². The number of piperazine rings is 1. The summed E-state index contributed by atoms with van der Waals surface area (Å²) in [5.41, 5.74) is 9.62. The fraction of sp³-hybridized carbons (Fsp3) is 0.167. The zero-order valence-electron chi connectivity index (χ0n) is 16.5. The Kier molecular flexibility index (Phi) is 4.85. The molecule has 1 aliphatic rings. The largest absolute Gasteiger partial charge is 0.399 e. The van der Waals surface area contributed by atoms with Gasteiger partial charge in [-0.2, -0.15) is 0 Å². The van der Waals surface area contributed by atoms with E-state index in [1.165, 1.54) is 0 Å². The Hall–Kier alpha value is -3.38. The highest BCUT2D eigenvalue weighted by molar-refractivity contribution is 7.13. The van der Waals surface area contributed by atoms with Crippen molar-refractivity contribution in [2.45, 2.75) is 0 Å². The molecule has 150 valence electrons. The number of nitrogens with zero attached hydrogens (tertiary/aromatic N) is 3. The van der Waals surface area contributed by atoms with Gasteiger partial charge < -0.3 is 15.5 Å². The van der Waals surface area contributed by atoms with Crippen LogP contribution in [0.15, 0.2) is 72.2 Å². The lowest BCUT2D eigenvalue weighted by molar-refractivity contribution is 0.0747. The van der Waals surface area contributed by atoms with Crippen LogP contribution in [-0.4, -0.2) is 42.0 Å². The van der Waals surface area contributed by atoms with Crippen molar-refractivity contribution in [3.8, 4) is 11.1 Å². The van der Waals surface area contributed by atoms with Crippen molar-refractivity contribution < 1.29 is 4.79 Å². The first kappa shape index (κ1) is 18.6. The summed E-state index contributed by atoms with van der Waals surface area (Å²) in [6.07, 6.45) is 1.82. The SMILES string of the molecule is Nc1cccc(-c2ccc3cc(C(=O)N4CCN(c5nccs5)CC4)ccc3c2)c1. The Morgan fingerprint density at radius 1 is 0.900 bits per heavy atom. The van der Waals surface area contributed by atoms with Crippen LogP contribution < -0.4 is 10.6 Å². The van der Waals surface area contributed by atoms with E-state index in [9.17, 15) is 4.79 Å². The van der Waals surface area contributed by atoms with Crippen molar-refractivity contribution in [1.29, 1.82) is 0 Å². The number of fused-ring (bicyclic) bond motifs is 1. The van der Waals surface area contributed by atoms with E-state index in [-0.39, 0.29) is 5.91 Å². The highest BCUT2D eigenvalue weighted by Gasteiger charge is 2.23. The van der Waals surface area contributed by atoms with Gasteiger partial charge in [0.1, 0.15) is 0 Å². The van der Waals surface area contributed by atoms with Gasteiger partial charge in [-0.1, -0.05) is 30.3 Å². The second-order valence-electron chi connectivity index (χ2n) is 7.50. The Labute approximate surface area is 179 Å². The third-order valence-corrected chi connectivity index (χ3v) is 6.40. The molecule has 0 spiro atoms. The Morgan fingerprint density at radius 2 is 1.67 bits per heavy atom. The van der Waals surface area contributed by atoms with Crippen molar-refractivity contribution >= 4 is 38.8 Å². The molecule has 0 bridgehead atoms. The molecule has 5 nitrogen and oxygen atoms in total. The molecule has 0 radical (unpaired) electrons. The fourth-order valence-corrected chi connectivity index (χ4v) is 4.63. The van der Waals surface area contributed by atoms with Crippen molar-refractivity contribution in [2.24, 2.45) is 0 Å². The summed E-state index contributed by atoms with van der Waals surface area (Å²) in [5.74, 6) is 0.0931. The summed E-state index contributed by atoms with van der Waals surface area (Å²) in [4.78, 5) is 21.6. The molecule has 4 aromatic rings. The summed E-state index contributed by atoms with van der Waals surface area (Å²) in [6, 6.07) is 20.1. The number of rotatable bonds is 3. The van der Waals surface area contributed by atoms with Gasteiger partial charge in [-0.15, -0.1) is 11.3 Å². The van der Waals surface area contributed by atoms with E-state index < -0.39 is 0 Å². The molecule has 6 heteroatoms. The minimum absolute atomic E-state index is 0.0931. The Balaban J connectivity index is 1.33. The number of nitrogens with two attached hydrogens (primary N) is 1. The Morgan fingerprint density at radius 3 is 2.43 bits per heavy atom. The molecule has 30 heavy (non-hydrogen) atoms. The van der Waals surface area contributed by atoms with Gasteiger partial charge in [-0.05, 0) is 52.2 Å². The quantitative estimate of drug-likeness (QED) is 0.501. The second kappa shape index (κ2) is 7.80. The summed E-state index contributed by atoms with van der Waals surface area (Å²) >= 11 is 1.64. The van der Waals surface area contributed by atoms with Gasteiger partial charge in [0, 0.05) is 49.0 Å². The molecule has 1 amide bonds. The maximum absolute atomic E-state index is 13.0. The first-order valence-corrected chi connectivity index (χ1v) is 10.9. The monoisotopic (exact) mass is 414 g/mol. The van der Waals surface area contributed by atoms with Crippen molar-refractivity contribution in [3.05, 3.63) is 77.8 Å². The molecular formula is C24H22N4OS. The number of nitrogen functional groups attached to an aromatic ring is 1. The van der Waals surface area contributed by atoms with E-state index in [0.29, 0.717) is 13.1 Å². The van der Waals surface area contributed by atoms with Crippen molar-refractivity contribution in [1.82, 2.24) is 9.88 Å². The molecule has 1 aromatic heterocycles. The number of aromatic nitrogens is 1. The zero-order chi connectivity index (χ0) is 20.5. The maximum Gasteiger partial charge on any atom is 0.253 e. The number of hydrogen-bond donors (Lipinski definition) is 1. The Bertz CT molecular complexity index is 1200. The number of anilines is 2. The standard InChI is InChI=1S/C24H22N4OS/c25-22-3-1-2-17(16-22)18-4-5-20-15-21(7-6-19(20)14-18)23(29)27-9-11-28(12-10-27)24-26-8-13-30-24/h1-8,13-16H,9-12,25H2. The molecule has 2 heterocycles. The van der Waals surface area contributed by atoms with Crippen LogP contribution in [0.1, 0.15) is 10.4 Å². The number of thiazole rings is 1. The van der Waals surface area contributed by atoms with Gasteiger partial charge in [0.05, 0.1) is 0 Å². The molecule has 2 N–H and O–H groups in total. The molecule has 0 saturated carbocycles. The van der Waals surface area contributed by atoms with E-state index in [0.717, 1.165) is 51.4 Å². The molecule has 1 saturated heterocycles. The van der Waals surface area contributed by atoms with Gasteiger partial charge in [-0.3, -0.25) is 4.79 Å². The molecule has 0 unspecified atom stereocenters. The lowest BCUT2D eigenvalue weighted by atomic mass is 9.99. The number of carbonyl (C=O) groups excluding carboxylic acids is 1. The predicted molar refractivity (Wildman–Crippen MR) is 124 cm³/mol. The van der Waals surface area contributed by atoms with E-state index in [1.54, 1.807) is 11.3 Å². The van der Waals surface area contributed by atoms with Crippen LogP contribution >= 0.6 is 11.3 Å². The highest BCUT2D eigenvalue weighted by atomic mass is 32.1. The normalized spacial score (nSPS) is 14.3. The predicted octanol–water partition coefficient (Wildman–Crippen LogP) is 4.51. The van der Waals surface area contributed by atoms with Crippen LogP contribution in [0.3, 0.4) is 0 Å². The summed E-state index contributed by atoms with van der Waals surface area (Å²) in [7, 11) is 0. The van der Waals surface area contributed by atoms with E-state index in [4.69, 9.17) is 5.73 Å². The number of benzene rings is 3. The van der Waals surface area contributed by atoms with Crippen LogP contribution in [0.4, 0.5) is 10.8 Å². The van der Waals surface area contributed by atoms with Crippen LogP contribution in [-0.2, 0) is 0 Å². The van der Waals surface area contributed by atoms with Crippen molar-refractivity contribution in [3.63, 3.8) is 0 Å². The van der Waals surface area contributed by atoms with Gasteiger partial charge in [0.25, 0.3) is 5.91 Å². The van der Waals surface area contributed by atoms with Gasteiger partial charge >= 0.3 is 0 Å². The molecule has 0 atom stereocenters. The third kappa shape index (κ3) is 3.62.